The molecule has 3 aromatic rings. The van der Waals surface area contributed by atoms with Gasteiger partial charge < -0.3 is 9.88 Å². The lowest BCUT2D eigenvalue weighted by atomic mass is 9.89. The van der Waals surface area contributed by atoms with Gasteiger partial charge in [-0.2, -0.15) is 11.8 Å². The van der Waals surface area contributed by atoms with Crippen molar-refractivity contribution in [3.8, 4) is 0 Å². The largest absolute Gasteiger partial charge is 0.372 e. The number of H-pyrrole nitrogens is 1. The number of rotatable bonds is 7. The molecule has 1 aliphatic rings. The van der Waals surface area contributed by atoms with Crippen LogP contribution in [0.15, 0.2) is 54.9 Å². The number of allylic oxidation sites excluding steroid dienone is 1. The first-order chi connectivity index (χ1) is 14.2. The van der Waals surface area contributed by atoms with Crippen LogP contribution in [0.4, 0.5) is 5.69 Å². The van der Waals surface area contributed by atoms with Gasteiger partial charge in [-0.05, 0) is 74.3 Å². The minimum atomic E-state index is 0.492. The molecule has 2 atom stereocenters. The fourth-order valence-electron chi connectivity index (χ4n) is 4.32. The van der Waals surface area contributed by atoms with Gasteiger partial charge in [0.15, 0.2) is 0 Å². The number of benzene rings is 1. The maximum atomic E-state index is 4.72. The second kappa shape index (κ2) is 9.08. The SMILES string of the molecule is CCN(CC)c1ccc(Cc2c[nH]c3ncc(C4C=CC(SC)CC4)cc23)cc1. The number of aromatic nitrogens is 2. The molecular formula is C25H31N3S. The molecule has 3 nitrogen and oxygen atoms in total. The van der Waals surface area contributed by atoms with Crippen molar-refractivity contribution in [3.63, 3.8) is 0 Å². The van der Waals surface area contributed by atoms with Crippen LogP contribution < -0.4 is 4.90 Å². The van der Waals surface area contributed by atoms with Crippen LogP contribution in [0, 0.1) is 0 Å². The molecule has 2 unspecified atom stereocenters. The third-order valence-electron chi connectivity index (χ3n) is 6.15. The highest BCUT2D eigenvalue weighted by molar-refractivity contribution is 7.99. The molecule has 0 bridgehead atoms. The van der Waals surface area contributed by atoms with Crippen LogP contribution in [0.3, 0.4) is 0 Å². The highest BCUT2D eigenvalue weighted by atomic mass is 32.2. The van der Waals surface area contributed by atoms with Crippen LogP contribution in [-0.2, 0) is 6.42 Å². The van der Waals surface area contributed by atoms with Crippen LogP contribution in [0.25, 0.3) is 11.0 Å². The molecule has 0 spiro atoms. The van der Waals surface area contributed by atoms with Crippen molar-refractivity contribution in [3.05, 3.63) is 71.6 Å². The highest BCUT2D eigenvalue weighted by Gasteiger charge is 2.18. The number of aromatic amines is 1. The van der Waals surface area contributed by atoms with E-state index in [0.717, 1.165) is 25.2 Å². The number of thioether (sulfide) groups is 1. The fraction of sp³-hybridized carbons (Fsp3) is 0.400. The molecule has 0 aliphatic heterocycles. The van der Waals surface area contributed by atoms with E-state index in [1.165, 1.54) is 40.6 Å². The molecule has 0 saturated heterocycles. The van der Waals surface area contributed by atoms with Gasteiger partial charge in [0.25, 0.3) is 0 Å². The molecule has 152 valence electrons. The summed E-state index contributed by atoms with van der Waals surface area (Å²) in [6.07, 6.45) is 14.5. The second-order valence-corrected chi connectivity index (χ2v) is 8.91. The minimum Gasteiger partial charge on any atom is -0.372 e. The van der Waals surface area contributed by atoms with Gasteiger partial charge in [0.2, 0.25) is 0 Å². The van der Waals surface area contributed by atoms with Gasteiger partial charge in [0, 0.05) is 47.7 Å². The Bertz CT molecular complexity index is 969. The van der Waals surface area contributed by atoms with Crippen molar-refractivity contribution >= 4 is 28.5 Å². The first kappa shape index (κ1) is 20.1. The molecule has 29 heavy (non-hydrogen) atoms. The fourth-order valence-corrected chi connectivity index (χ4v) is 4.94. The summed E-state index contributed by atoms with van der Waals surface area (Å²) in [7, 11) is 0. The van der Waals surface area contributed by atoms with Crippen LogP contribution >= 0.6 is 11.8 Å². The van der Waals surface area contributed by atoms with Crippen LogP contribution in [0.2, 0.25) is 0 Å². The molecule has 0 fully saturated rings. The van der Waals surface area contributed by atoms with E-state index in [0.29, 0.717) is 11.2 Å². The maximum Gasteiger partial charge on any atom is 0.137 e. The van der Waals surface area contributed by atoms with Crippen molar-refractivity contribution in [2.75, 3.05) is 24.2 Å². The standard InChI is InChI=1S/C25H31N3S/c1-4-28(5-2)22-10-6-18(7-11-22)14-21-17-27-25-24(21)15-20(16-26-25)19-8-12-23(29-3)13-9-19/h6-8,10-12,15-17,19,23H,4-5,9,13-14H2,1-3H3,(H,26,27). The van der Waals surface area contributed by atoms with Crippen molar-refractivity contribution < 1.29 is 0 Å². The van der Waals surface area contributed by atoms with E-state index in [1.54, 1.807) is 0 Å². The molecular weight excluding hydrogens is 374 g/mol. The van der Waals surface area contributed by atoms with Gasteiger partial charge in [-0.3, -0.25) is 0 Å². The quantitative estimate of drug-likeness (QED) is 0.477. The Kier molecular flexibility index (Phi) is 6.29. The Morgan fingerprint density at radius 2 is 1.90 bits per heavy atom. The predicted octanol–water partition coefficient (Wildman–Crippen LogP) is 6.17. The summed E-state index contributed by atoms with van der Waals surface area (Å²) >= 11 is 1.95. The predicted molar refractivity (Wildman–Crippen MR) is 127 cm³/mol. The van der Waals surface area contributed by atoms with E-state index in [1.807, 2.05) is 11.8 Å². The number of pyridine rings is 1. The number of anilines is 1. The second-order valence-electron chi connectivity index (χ2n) is 7.84. The number of nitrogens with one attached hydrogen (secondary N) is 1. The lowest BCUT2D eigenvalue weighted by Gasteiger charge is -2.21. The highest BCUT2D eigenvalue weighted by Crippen LogP contribution is 2.33. The van der Waals surface area contributed by atoms with Gasteiger partial charge in [0.1, 0.15) is 5.65 Å². The molecule has 0 saturated carbocycles. The molecule has 0 radical (unpaired) electrons. The number of fused-ring (bicyclic) bond motifs is 1. The van der Waals surface area contributed by atoms with E-state index in [4.69, 9.17) is 4.98 Å². The third kappa shape index (κ3) is 4.37. The van der Waals surface area contributed by atoms with Gasteiger partial charge in [-0.1, -0.05) is 24.3 Å². The molecule has 2 heterocycles. The third-order valence-corrected chi connectivity index (χ3v) is 7.15. The Hall–Kier alpha value is -2.20. The molecule has 4 heteroatoms. The maximum absolute atomic E-state index is 4.72. The number of nitrogens with zero attached hydrogens (tertiary/aromatic N) is 2. The summed E-state index contributed by atoms with van der Waals surface area (Å²) in [5, 5.41) is 1.93. The number of hydrogen-bond donors (Lipinski definition) is 1. The molecule has 0 amide bonds. The lowest BCUT2D eigenvalue weighted by molar-refractivity contribution is 0.662. The topological polar surface area (TPSA) is 31.9 Å². The summed E-state index contributed by atoms with van der Waals surface area (Å²) in [4.78, 5) is 10.5. The average molecular weight is 406 g/mol. The van der Waals surface area contributed by atoms with Gasteiger partial charge in [-0.15, -0.1) is 0 Å². The zero-order valence-electron chi connectivity index (χ0n) is 17.7. The number of hydrogen-bond acceptors (Lipinski definition) is 3. The normalized spacial score (nSPS) is 19.0. The van der Waals surface area contributed by atoms with Crippen molar-refractivity contribution in [1.29, 1.82) is 0 Å². The van der Waals surface area contributed by atoms with Gasteiger partial charge in [0.05, 0.1) is 0 Å². The van der Waals surface area contributed by atoms with Crippen LogP contribution in [-0.4, -0.2) is 34.6 Å². The van der Waals surface area contributed by atoms with E-state index in [-0.39, 0.29) is 0 Å². The van der Waals surface area contributed by atoms with Gasteiger partial charge in [-0.25, -0.2) is 4.98 Å². The van der Waals surface area contributed by atoms with Crippen LogP contribution in [0.1, 0.15) is 49.3 Å². The first-order valence-corrected chi connectivity index (χ1v) is 12.0. The molecule has 1 aromatic carbocycles. The summed E-state index contributed by atoms with van der Waals surface area (Å²) in [5.41, 5.74) is 6.30. The van der Waals surface area contributed by atoms with Crippen molar-refractivity contribution in [2.24, 2.45) is 0 Å². The lowest BCUT2D eigenvalue weighted by Crippen LogP contribution is -2.21. The Morgan fingerprint density at radius 1 is 1.10 bits per heavy atom. The zero-order chi connectivity index (χ0) is 20.2. The Labute approximate surface area is 178 Å². The van der Waals surface area contributed by atoms with Crippen molar-refractivity contribution in [1.82, 2.24) is 9.97 Å². The average Bonchev–Trinajstić information content (AvgIpc) is 3.18. The zero-order valence-corrected chi connectivity index (χ0v) is 18.5. The minimum absolute atomic E-state index is 0.492. The van der Waals surface area contributed by atoms with E-state index in [2.05, 4.69) is 84.9 Å². The molecule has 2 aromatic heterocycles. The summed E-state index contributed by atoms with van der Waals surface area (Å²) < 4.78 is 0. The van der Waals surface area contributed by atoms with E-state index in [9.17, 15) is 0 Å². The van der Waals surface area contributed by atoms with Crippen molar-refractivity contribution in [2.45, 2.75) is 44.3 Å². The summed E-state index contributed by atoms with van der Waals surface area (Å²) in [5.74, 6) is 0.492. The Morgan fingerprint density at radius 3 is 2.55 bits per heavy atom. The van der Waals surface area contributed by atoms with E-state index >= 15 is 0 Å². The summed E-state index contributed by atoms with van der Waals surface area (Å²) in [6.45, 7) is 6.49. The van der Waals surface area contributed by atoms with Gasteiger partial charge >= 0.3 is 0 Å². The molecule has 1 aliphatic carbocycles. The Balaban J connectivity index is 1.55. The monoisotopic (exact) mass is 405 g/mol. The van der Waals surface area contributed by atoms with Crippen LogP contribution in [0.5, 0.6) is 0 Å². The van der Waals surface area contributed by atoms with E-state index < -0.39 is 0 Å². The first-order valence-electron chi connectivity index (χ1n) is 10.7. The molecule has 4 rings (SSSR count). The molecule has 1 N–H and O–H groups in total. The smallest absolute Gasteiger partial charge is 0.137 e. The summed E-state index contributed by atoms with van der Waals surface area (Å²) in [6, 6.07) is 11.4.